The molecule has 3 aromatic rings. The van der Waals surface area contributed by atoms with Crippen molar-refractivity contribution in [3.8, 4) is 17.2 Å². The summed E-state index contributed by atoms with van der Waals surface area (Å²) in [5, 5.41) is 3.94. The van der Waals surface area contributed by atoms with Crippen LogP contribution in [0.4, 0.5) is 0 Å². The van der Waals surface area contributed by atoms with Gasteiger partial charge in [0, 0.05) is 12.6 Å². The maximum Gasteiger partial charge on any atom is 0.255 e. The molecule has 9 nitrogen and oxygen atoms in total. The summed E-state index contributed by atoms with van der Waals surface area (Å²) in [6.07, 6.45) is 1.46. The van der Waals surface area contributed by atoms with Crippen LogP contribution in [-0.4, -0.2) is 52.7 Å². The Morgan fingerprint density at radius 3 is 2.23 bits per heavy atom. The van der Waals surface area contributed by atoms with Gasteiger partial charge in [0.15, 0.2) is 11.5 Å². The summed E-state index contributed by atoms with van der Waals surface area (Å²) in [5.74, 6) is 0.770. The fraction of sp³-hybridized carbons (Fsp3) is 0.200. The van der Waals surface area contributed by atoms with Gasteiger partial charge in [0.25, 0.3) is 5.91 Å². The monoisotopic (exact) mass is 497 g/mol. The number of methoxy groups -OCH3 is 3. The molecule has 0 atom stereocenters. The van der Waals surface area contributed by atoms with E-state index in [1.54, 1.807) is 55.6 Å². The molecule has 184 valence electrons. The van der Waals surface area contributed by atoms with Crippen LogP contribution in [0, 0.1) is 0 Å². The minimum atomic E-state index is -4.07. The number of nitrogens with zero attached hydrogens (tertiary/aromatic N) is 2. The smallest absolute Gasteiger partial charge is 0.255 e. The molecule has 0 fully saturated rings. The molecule has 0 saturated carbocycles. The van der Waals surface area contributed by atoms with Gasteiger partial charge in [0.05, 0.1) is 39.0 Å². The van der Waals surface area contributed by atoms with Crippen molar-refractivity contribution in [2.24, 2.45) is 5.10 Å². The first kappa shape index (κ1) is 25.7. The zero-order valence-corrected chi connectivity index (χ0v) is 20.5. The standard InChI is InChI=1S/C25H27N3O6S/c1-32-21-11-9-19(10-12-21)16-26-27-25(29)18-28(17-20-7-5-4-6-8-20)35(30,31)22-13-14-23(33-2)24(15-22)34-3/h4-16H,17-18H2,1-3H3,(H,27,29)/b26-16-. The van der Waals surface area contributed by atoms with Gasteiger partial charge in [-0.15, -0.1) is 0 Å². The topological polar surface area (TPSA) is 107 Å². The molecule has 3 aromatic carbocycles. The molecule has 0 unspecified atom stereocenters. The Hall–Kier alpha value is -3.89. The lowest BCUT2D eigenvalue weighted by Gasteiger charge is -2.22. The number of rotatable bonds is 11. The van der Waals surface area contributed by atoms with Crippen LogP contribution in [0.5, 0.6) is 17.2 Å². The van der Waals surface area contributed by atoms with E-state index in [0.717, 1.165) is 15.4 Å². The lowest BCUT2D eigenvalue weighted by atomic mass is 10.2. The lowest BCUT2D eigenvalue weighted by Crippen LogP contribution is -2.39. The molecule has 0 aliphatic heterocycles. The molecule has 0 radical (unpaired) electrons. The highest BCUT2D eigenvalue weighted by molar-refractivity contribution is 7.89. The summed E-state index contributed by atoms with van der Waals surface area (Å²) in [6.45, 7) is -0.446. The summed E-state index contributed by atoms with van der Waals surface area (Å²) in [5.41, 5.74) is 3.86. The predicted octanol–water partition coefficient (Wildman–Crippen LogP) is 3.05. The highest BCUT2D eigenvalue weighted by Crippen LogP contribution is 2.31. The van der Waals surface area contributed by atoms with Crippen molar-refractivity contribution < 1.29 is 27.4 Å². The molecule has 0 aliphatic rings. The van der Waals surface area contributed by atoms with E-state index in [0.29, 0.717) is 11.5 Å². The van der Waals surface area contributed by atoms with Gasteiger partial charge < -0.3 is 14.2 Å². The number of carbonyl (C=O) groups is 1. The molecule has 10 heteroatoms. The second-order valence-electron chi connectivity index (χ2n) is 7.34. The third-order valence-electron chi connectivity index (χ3n) is 5.03. The number of hydrogen-bond acceptors (Lipinski definition) is 7. The van der Waals surface area contributed by atoms with E-state index in [1.807, 2.05) is 6.07 Å². The summed E-state index contributed by atoms with van der Waals surface area (Å²) in [7, 11) is 0.388. The van der Waals surface area contributed by atoms with E-state index >= 15 is 0 Å². The summed E-state index contributed by atoms with van der Waals surface area (Å²) in [6, 6.07) is 20.4. The van der Waals surface area contributed by atoms with Crippen LogP contribution in [0.1, 0.15) is 11.1 Å². The number of hydrazone groups is 1. The summed E-state index contributed by atoms with van der Waals surface area (Å²) in [4.78, 5) is 12.6. The molecule has 3 rings (SSSR count). The van der Waals surface area contributed by atoms with Crippen molar-refractivity contribution in [2.75, 3.05) is 27.9 Å². The molecule has 0 spiro atoms. The highest BCUT2D eigenvalue weighted by atomic mass is 32.2. The van der Waals surface area contributed by atoms with Gasteiger partial charge >= 0.3 is 0 Å². The Morgan fingerprint density at radius 1 is 0.914 bits per heavy atom. The van der Waals surface area contributed by atoms with Gasteiger partial charge in [0.1, 0.15) is 5.75 Å². The Balaban J connectivity index is 1.81. The zero-order chi connectivity index (χ0) is 25.3. The van der Waals surface area contributed by atoms with Gasteiger partial charge in [0.2, 0.25) is 10.0 Å². The Bertz CT molecular complexity index is 1260. The van der Waals surface area contributed by atoms with E-state index in [2.05, 4.69) is 10.5 Å². The Kier molecular flexibility index (Phi) is 8.82. The van der Waals surface area contributed by atoms with Crippen LogP contribution in [0.2, 0.25) is 0 Å². The van der Waals surface area contributed by atoms with Crippen molar-refractivity contribution >= 4 is 22.1 Å². The first-order valence-electron chi connectivity index (χ1n) is 10.6. The maximum absolute atomic E-state index is 13.5. The Labute approximate surface area is 205 Å². The quantitative estimate of drug-likeness (QED) is 0.322. The van der Waals surface area contributed by atoms with E-state index in [4.69, 9.17) is 14.2 Å². The molecule has 1 amide bonds. The fourth-order valence-electron chi connectivity index (χ4n) is 3.20. The maximum atomic E-state index is 13.5. The van der Waals surface area contributed by atoms with Gasteiger partial charge in [-0.1, -0.05) is 30.3 Å². The van der Waals surface area contributed by atoms with Crippen LogP contribution in [0.15, 0.2) is 82.8 Å². The predicted molar refractivity (Wildman–Crippen MR) is 132 cm³/mol. The van der Waals surface area contributed by atoms with Crippen LogP contribution in [0.25, 0.3) is 0 Å². The average molecular weight is 498 g/mol. The Morgan fingerprint density at radius 2 is 1.60 bits per heavy atom. The number of ether oxygens (including phenoxy) is 3. The van der Waals surface area contributed by atoms with E-state index < -0.39 is 22.5 Å². The normalized spacial score (nSPS) is 11.4. The lowest BCUT2D eigenvalue weighted by molar-refractivity contribution is -0.121. The van der Waals surface area contributed by atoms with Crippen LogP contribution >= 0.6 is 0 Å². The van der Waals surface area contributed by atoms with Crippen LogP contribution < -0.4 is 19.6 Å². The second kappa shape index (κ2) is 12.0. The molecule has 0 heterocycles. The van der Waals surface area contributed by atoms with Gasteiger partial charge in [-0.3, -0.25) is 4.79 Å². The number of benzene rings is 3. The van der Waals surface area contributed by atoms with Crippen LogP contribution in [-0.2, 0) is 21.4 Å². The molecular formula is C25H27N3O6S. The first-order valence-corrected chi connectivity index (χ1v) is 12.0. The van der Waals surface area contributed by atoms with E-state index in [-0.39, 0.29) is 17.2 Å². The molecular weight excluding hydrogens is 470 g/mol. The number of sulfonamides is 1. The van der Waals surface area contributed by atoms with Crippen molar-refractivity contribution in [3.05, 3.63) is 83.9 Å². The number of amides is 1. The van der Waals surface area contributed by atoms with Gasteiger partial charge in [-0.05, 0) is 47.5 Å². The van der Waals surface area contributed by atoms with Crippen molar-refractivity contribution in [1.82, 2.24) is 9.73 Å². The largest absolute Gasteiger partial charge is 0.497 e. The second-order valence-corrected chi connectivity index (χ2v) is 9.28. The zero-order valence-electron chi connectivity index (χ0n) is 19.7. The number of carbonyl (C=O) groups excluding carboxylic acids is 1. The van der Waals surface area contributed by atoms with Gasteiger partial charge in [-0.25, -0.2) is 13.8 Å². The molecule has 35 heavy (non-hydrogen) atoms. The molecule has 1 N–H and O–H groups in total. The highest BCUT2D eigenvalue weighted by Gasteiger charge is 2.28. The SMILES string of the molecule is COc1ccc(/C=N\NC(=O)CN(Cc2ccccc2)S(=O)(=O)c2ccc(OC)c(OC)c2)cc1. The van der Waals surface area contributed by atoms with Crippen LogP contribution in [0.3, 0.4) is 0 Å². The van der Waals surface area contributed by atoms with Crippen molar-refractivity contribution in [1.29, 1.82) is 0 Å². The average Bonchev–Trinajstić information content (AvgIpc) is 2.88. The third-order valence-corrected chi connectivity index (χ3v) is 6.82. The fourth-order valence-corrected chi connectivity index (χ4v) is 4.60. The number of hydrogen-bond donors (Lipinski definition) is 1. The van der Waals surface area contributed by atoms with Crippen molar-refractivity contribution in [2.45, 2.75) is 11.4 Å². The molecule has 0 bridgehead atoms. The first-order chi connectivity index (χ1) is 16.9. The number of nitrogens with one attached hydrogen (secondary N) is 1. The molecule has 0 aromatic heterocycles. The van der Waals surface area contributed by atoms with Crippen molar-refractivity contribution in [3.63, 3.8) is 0 Å². The van der Waals surface area contributed by atoms with E-state index in [1.165, 1.54) is 38.6 Å². The van der Waals surface area contributed by atoms with Gasteiger partial charge in [-0.2, -0.15) is 9.41 Å². The minimum Gasteiger partial charge on any atom is -0.497 e. The molecule has 0 aliphatic carbocycles. The van der Waals surface area contributed by atoms with E-state index in [9.17, 15) is 13.2 Å². The summed E-state index contributed by atoms with van der Waals surface area (Å²) < 4.78 is 43.6. The molecule has 0 saturated heterocycles. The summed E-state index contributed by atoms with van der Waals surface area (Å²) >= 11 is 0. The minimum absolute atomic E-state index is 0.00681. The third kappa shape index (κ3) is 6.81.